The van der Waals surface area contributed by atoms with Crippen molar-refractivity contribution in [2.75, 3.05) is 0 Å². The summed E-state index contributed by atoms with van der Waals surface area (Å²) in [5, 5.41) is 12.1. The molecular weight excluding hydrogens is 336 g/mol. The number of ketones is 2. The molecule has 1 aromatic carbocycles. The van der Waals surface area contributed by atoms with Gasteiger partial charge in [0, 0.05) is 0 Å². The molecule has 0 aliphatic heterocycles. The van der Waals surface area contributed by atoms with Crippen molar-refractivity contribution in [1.82, 2.24) is 20.6 Å². The quantitative estimate of drug-likeness (QED) is 0.507. The Bertz CT molecular complexity index is 977. The van der Waals surface area contributed by atoms with E-state index in [-0.39, 0.29) is 21.4 Å². The summed E-state index contributed by atoms with van der Waals surface area (Å²) in [6.07, 6.45) is 0.626. The third-order valence-corrected chi connectivity index (χ3v) is 4.86. The summed E-state index contributed by atoms with van der Waals surface area (Å²) in [5.74, 6) is -2.09. The van der Waals surface area contributed by atoms with Gasteiger partial charge in [-0.05, 0) is 23.4 Å². The molecule has 2 aromatic heterocycles. The van der Waals surface area contributed by atoms with Crippen LogP contribution in [-0.4, -0.2) is 40.6 Å². The van der Waals surface area contributed by atoms with E-state index >= 15 is 0 Å². The average Bonchev–Trinajstić information content (AvgIpc) is 3.27. The minimum absolute atomic E-state index is 0.0475. The standard InChI is InChI=1S/C14H10N4O5S/c19-12(13(20)14-15-17-18-16-14)7-9-6-11(8-23-9)24(21,22)10-4-2-1-3-5-10/h1-6,8H,7H2,(H,15,16,17,18). The Morgan fingerprint density at radius 2 is 1.88 bits per heavy atom. The van der Waals surface area contributed by atoms with Gasteiger partial charge in [-0.3, -0.25) is 9.59 Å². The number of sulfone groups is 1. The SMILES string of the molecule is O=C(Cc1cc(S(=O)(=O)c2ccccc2)co1)C(=O)c1nn[nH]n1. The van der Waals surface area contributed by atoms with Crippen LogP contribution in [0.3, 0.4) is 0 Å². The number of tetrazole rings is 1. The van der Waals surface area contributed by atoms with Crippen LogP contribution in [-0.2, 0) is 21.1 Å². The van der Waals surface area contributed by atoms with Crippen LogP contribution in [0.25, 0.3) is 0 Å². The zero-order valence-electron chi connectivity index (χ0n) is 12.0. The smallest absolute Gasteiger partial charge is 0.269 e. The molecule has 0 bridgehead atoms. The zero-order chi connectivity index (χ0) is 17.2. The second-order valence-electron chi connectivity index (χ2n) is 4.73. The molecule has 0 unspecified atom stereocenters. The first-order valence-electron chi connectivity index (χ1n) is 6.67. The van der Waals surface area contributed by atoms with Gasteiger partial charge in [0.2, 0.25) is 21.4 Å². The number of carbonyl (C=O) groups excluding carboxylic acids is 2. The normalized spacial score (nSPS) is 11.3. The minimum atomic E-state index is -3.75. The summed E-state index contributed by atoms with van der Waals surface area (Å²) in [4.78, 5) is 23.6. The Kier molecular flexibility index (Phi) is 4.04. The minimum Gasteiger partial charge on any atom is -0.467 e. The second kappa shape index (κ2) is 6.16. The lowest BCUT2D eigenvalue weighted by atomic mass is 10.1. The van der Waals surface area contributed by atoms with E-state index in [0.717, 1.165) is 6.26 Å². The van der Waals surface area contributed by atoms with Gasteiger partial charge < -0.3 is 4.42 Å². The molecule has 0 saturated heterocycles. The number of nitrogens with one attached hydrogen (secondary N) is 1. The van der Waals surface area contributed by atoms with Gasteiger partial charge in [0.05, 0.1) is 11.3 Å². The Morgan fingerprint density at radius 1 is 1.12 bits per heavy atom. The lowest BCUT2D eigenvalue weighted by Gasteiger charge is -1.99. The maximum Gasteiger partial charge on any atom is 0.269 e. The van der Waals surface area contributed by atoms with Crippen LogP contribution in [0.4, 0.5) is 0 Å². The van der Waals surface area contributed by atoms with E-state index in [9.17, 15) is 18.0 Å². The number of rotatable bonds is 6. The first kappa shape index (κ1) is 15.7. The van der Waals surface area contributed by atoms with Gasteiger partial charge in [-0.1, -0.05) is 18.2 Å². The fourth-order valence-corrected chi connectivity index (χ4v) is 3.20. The first-order chi connectivity index (χ1) is 11.5. The lowest BCUT2D eigenvalue weighted by molar-refractivity contribution is -0.114. The van der Waals surface area contributed by atoms with Crippen molar-refractivity contribution in [3.8, 4) is 0 Å². The number of carbonyl (C=O) groups is 2. The first-order valence-corrected chi connectivity index (χ1v) is 8.15. The van der Waals surface area contributed by atoms with Gasteiger partial charge in [-0.15, -0.1) is 10.2 Å². The highest BCUT2D eigenvalue weighted by atomic mass is 32.2. The molecule has 0 radical (unpaired) electrons. The van der Waals surface area contributed by atoms with E-state index in [4.69, 9.17) is 4.42 Å². The third kappa shape index (κ3) is 2.99. The predicted octanol–water partition coefficient (Wildman–Crippen LogP) is 0.620. The highest BCUT2D eigenvalue weighted by Gasteiger charge is 2.24. The Hall–Kier alpha value is -3.14. The summed E-state index contributed by atoms with van der Waals surface area (Å²) in [6, 6.07) is 9.01. The molecule has 122 valence electrons. The third-order valence-electron chi connectivity index (χ3n) is 3.13. The van der Waals surface area contributed by atoms with Crippen LogP contribution in [0.1, 0.15) is 16.4 Å². The van der Waals surface area contributed by atoms with Gasteiger partial charge in [0.25, 0.3) is 5.78 Å². The number of nitrogens with zero attached hydrogens (tertiary/aromatic N) is 3. The number of H-pyrrole nitrogens is 1. The molecule has 1 N–H and O–H groups in total. The fourth-order valence-electron chi connectivity index (χ4n) is 1.95. The number of Topliss-reactive ketones (excluding diaryl/α,β-unsaturated/α-hetero) is 2. The van der Waals surface area contributed by atoms with Crippen molar-refractivity contribution in [2.45, 2.75) is 16.2 Å². The van der Waals surface area contributed by atoms with E-state index in [2.05, 4.69) is 20.6 Å². The van der Waals surface area contributed by atoms with Gasteiger partial charge in [-0.2, -0.15) is 5.21 Å². The van der Waals surface area contributed by atoms with E-state index in [1.807, 2.05) is 0 Å². The number of hydrogen-bond donors (Lipinski definition) is 1. The van der Waals surface area contributed by atoms with Gasteiger partial charge in [0.15, 0.2) is 0 Å². The highest BCUT2D eigenvalue weighted by Crippen LogP contribution is 2.23. The van der Waals surface area contributed by atoms with Crippen LogP contribution in [0.2, 0.25) is 0 Å². The summed E-state index contributed by atoms with van der Waals surface area (Å²) >= 11 is 0. The van der Waals surface area contributed by atoms with Crippen molar-refractivity contribution >= 4 is 21.4 Å². The summed E-state index contributed by atoms with van der Waals surface area (Å²) in [5.41, 5.74) is 0. The molecule has 24 heavy (non-hydrogen) atoms. The number of aromatic nitrogens is 4. The molecule has 0 spiro atoms. The maximum atomic E-state index is 12.4. The van der Waals surface area contributed by atoms with Crippen molar-refractivity contribution in [3.63, 3.8) is 0 Å². The predicted molar refractivity (Wildman–Crippen MR) is 77.8 cm³/mol. The molecule has 2 heterocycles. The Labute approximate surface area is 135 Å². The van der Waals surface area contributed by atoms with Crippen molar-refractivity contribution in [2.24, 2.45) is 0 Å². The molecule has 0 aliphatic carbocycles. The largest absolute Gasteiger partial charge is 0.467 e. The summed E-state index contributed by atoms with van der Waals surface area (Å²) in [6.45, 7) is 0. The molecule has 0 aliphatic rings. The van der Waals surface area contributed by atoms with Crippen LogP contribution in [0.5, 0.6) is 0 Å². The topological polar surface area (TPSA) is 136 Å². The summed E-state index contributed by atoms with van der Waals surface area (Å²) < 4.78 is 29.9. The van der Waals surface area contributed by atoms with Crippen molar-refractivity contribution in [1.29, 1.82) is 0 Å². The molecule has 0 fully saturated rings. The van der Waals surface area contributed by atoms with Crippen LogP contribution >= 0.6 is 0 Å². The molecule has 3 aromatic rings. The Morgan fingerprint density at radius 3 is 2.54 bits per heavy atom. The second-order valence-corrected chi connectivity index (χ2v) is 6.68. The molecule has 10 heteroatoms. The van der Waals surface area contributed by atoms with E-state index in [0.29, 0.717) is 0 Å². The Balaban J connectivity index is 1.79. The summed E-state index contributed by atoms with van der Waals surface area (Å²) in [7, 11) is -3.75. The van der Waals surface area contributed by atoms with Gasteiger partial charge in [-0.25, -0.2) is 8.42 Å². The van der Waals surface area contributed by atoms with E-state index < -0.39 is 27.8 Å². The highest BCUT2D eigenvalue weighted by molar-refractivity contribution is 7.91. The molecular formula is C14H10N4O5S. The number of hydrogen-bond acceptors (Lipinski definition) is 8. The number of furan rings is 1. The fraction of sp³-hybridized carbons (Fsp3) is 0.0714. The monoisotopic (exact) mass is 346 g/mol. The van der Waals surface area contributed by atoms with Crippen LogP contribution in [0.15, 0.2) is 56.9 Å². The molecule has 0 amide bonds. The molecule has 9 nitrogen and oxygen atoms in total. The van der Waals surface area contributed by atoms with Crippen LogP contribution in [0, 0.1) is 0 Å². The lowest BCUT2D eigenvalue weighted by Crippen LogP contribution is -2.18. The van der Waals surface area contributed by atoms with Crippen molar-refractivity contribution < 1.29 is 22.4 Å². The van der Waals surface area contributed by atoms with Gasteiger partial charge >= 0.3 is 0 Å². The van der Waals surface area contributed by atoms with E-state index in [1.54, 1.807) is 18.2 Å². The molecule has 0 atom stereocenters. The molecule has 3 rings (SSSR count). The van der Waals surface area contributed by atoms with E-state index in [1.165, 1.54) is 18.2 Å². The average molecular weight is 346 g/mol. The number of benzene rings is 1. The number of aromatic amines is 1. The maximum absolute atomic E-state index is 12.4. The van der Waals surface area contributed by atoms with Gasteiger partial charge in [0.1, 0.15) is 16.9 Å². The van der Waals surface area contributed by atoms with Crippen molar-refractivity contribution in [3.05, 3.63) is 54.2 Å². The van der Waals surface area contributed by atoms with Crippen LogP contribution < -0.4 is 0 Å². The zero-order valence-corrected chi connectivity index (χ0v) is 12.9. The molecule has 0 saturated carbocycles.